The number of benzene rings is 1. The van der Waals surface area contributed by atoms with Crippen LogP contribution in [0.1, 0.15) is 55.3 Å². The number of fused-ring (bicyclic) bond motifs is 1. The molecule has 1 aromatic rings. The molecule has 1 aliphatic heterocycles. The topological polar surface area (TPSA) is 75.7 Å². The molecule has 0 bridgehead atoms. The summed E-state index contributed by atoms with van der Waals surface area (Å²) < 4.78 is 5.19. The first kappa shape index (κ1) is 18.7. The number of alkyl carbamates (subject to hydrolysis) is 1. The second-order valence-electron chi connectivity index (χ2n) is 7.16. The van der Waals surface area contributed by atoms with Crippen LogP contribution in [-0.4, -0.2) is 41.5 Å². The van der Waals surface area contributed by atoms with E-state index in [1.165, 1.54) is 4.90 Å². The summed E-state index contributed by atoms with van der Waals surface area (Å²) in [6, 6.07) is 6.80. The minimum absolute atomic E-state index is 0.203. The van der Waals surface area contributed by atoms with Crippen molar-refractivity contribution in [3.63, 3.8) is 0 Å². The van der Waals surface area contributed by atoms with Crippen molar-refractivity contribution in [2.75, 3.05) is 13.1 Å². The minimum Gasteiger partial charge on any atom is -0.444 e. The molecule has 1 N–H and O–H groups in total. The van der Waals surface area contributed by atoms with Crippen molar-refractivity contribution in [3.8, 4) is 0 Å². The highest BCUT2D eigenvalue weighted by Crippen LogP contribution is 2.23. The smallest absolute Gasteiger partial charge is 0.407 e. The van der Waals surface area contributed by atoms with Crippen molar-refractivity contribution >= 4 is 17.9 Å². The Kier molecular flexibility index (Phi) is 5.30. The van der Waals surface area contributed by atoms with Crippen LogP contribution < -0.4 is 5.32 Å². The van der Waals surface area contributed by atoms with Crippen molar-refractivity contribution < 1.29 is 19.1 Å². The van der Waals surface area contributed by atoms with Gasteiger partial charge < -0.3 is 10.1 Å². The first-order valence-corrected chi connectivity index (χ1v) is 8.17. The number of nitrogens with zero attached hydrogens (tertiary/aromatic N) is 1. The highest BCUT2D eigenvalue weighted by molar-refractivity contribution is 6.21. The standard InChI is InChI=1S/C19H24N2O4/c1-12(10-20-18(24)25-19(3,4)5)13(2)11-21-16(22)14-8-6-7-9-15(14)17(21)23/h6-9H,10-11H2,1-5H3,(H,20,24)/b13-12+. The van der Waals surface area contributed by atoms with Gasteiger partial charge in [-0.1, -0.05) is 23.3 Å². The summed E-state index contributed by atoms with van der Waals surface area (Å²) >= 11 is 0. The summed E-state index contributed by atoms with van der Waals surface area (Å²) in [4.78, 5) is 37.7. The van der Waals surface area contributed by atoms with Crippen LogP contribution in [0.5, 0.6) is 0 Å². The predicted molar refractivity (Wildman–Crippen MR) is 94.4 cm³/mol. The lowest BCUT2D eigenvalue weighted by atomic mass is 10.1. The fourth-order valence-corrected chi connectivity index (χ4v) is 2.42. The van der Waals surface area contributed by atoms with Gasteiger partial charge in [0, 0.05) is 6.54 Å². The van der Waals surface area contributed by atoms with E-state index in [0.29, 0.717) is 17.7 Å². The van der Waals surface area contributed by atoms with Gasteiger partial charge in [0.25, 0.3) is 11.8 Å². The highest BCUT2D eigenvalue weighted by atomic mass is 16.6. The molecular formula is C19H24N2O4. The number of imide groups is 1. The van der Waals surface area contributed by atoms with E-state index in [1.807, 2.05) is 13.8 Å². The Morgan fingerprint density at radius 2 is 1.56 bits per heavy atom. The van der Waals surface area contributed by atoms with Crippen LogP contribution in [0.2, 0.25) is 0 Å². The van der Waals surface area contributed by atoms with E-state index in [2.05, 4.69) is 5.32 Å². The molecule has 0 unspecified atom stereocenters. The van der Waals surface area contributed by atoms with Gasteiger partial charge in [-0.25, -0.2) is 4.79 Å². The molecular weight excluding hydrogens is 320 g/mol. The Morgan fingerprint density at radius 3 is 2.04 bits per heavy atom. The van der Waals surface area contributed by atoms with Crippen LogP contribution in [0.25, 0.3) is 0 Å². The van der Waals surface area contributed by atoms with Gasteiger partial charge in [-0.3, -0.25) is 14.5 Å². The Bertz CT molecular complexity index is 709. The van der Waals surface area contributed by atoms with Crippen molar-refractivity contribution in [3.05, 3.63) is 46.5 Å². The molecule has 6 nitrogen and oxygen atoms in total. The molecule has 134 valence electrons. The molecule has 0 aliphatic carbocycles. The minimum atomic E-state index is -0.559. The Labute approximate surface area is 147 Å². The maximum absolute atomic E-state index is 12.4. The summed E-state index contributed by atoms with van der Waals surface area (Å²) in [5.74, 6) is -0.569. The van der Waals surface area contributed by atoms with Crippen LogP contribution >= 0.6 is 0 Å². The zero-order chi connectivity index (χ0) is 18.8. The van der Waals surface area contributed by atoms with E-state index < -0.39 is 11.7 Å². The second-order valence-corrected chi connectivity index (χ2v) is 7.16. The van der Waals surface area contributed by atoms with E-state index in [9.17, 15) is 14.4 Å². The van der Waals surface area contributed by atoms with Crippen molar-refractivity contribution in [2.24, 2.45) is 0 Å². The molecule has 0 saturated heterocycles. The monoisotopic (exact) mass is 344 g/mol. The molecule has 0 fully saturated rings. The molecule has 1 heterocycles. The highest BCUT2D eigenvalue weighted by Gasteiger charge is 2.35. The van der Waals surface area contributed by atoms with E-state index in [-0.39, 0.29) is 18.4 Å². The molecule has 3 amide bonds. The molecule has 0 atom stereocenters. The van der Waals surface area contributed by atoms with Gasteiger partial charge in [-0.05, 0) is 46.8 Å². The normalized spacial score (nSPS) is 15.0. The molecule has 1 aromatic carbocycles. The van der Waals surface area contributed by atoms with E-state index in [1.54, 1.807) is 45.0 Å². The average molecular weight is 344 g/mol. The van der Waals surface area contributed by atoms with Crippen molar-refractivity contribution in [2.45, 2.75) is 40.2 Å². The summed E-state index contributed by atoms with van der Waals surface area (Å²) in [6.45, 7) is 9.58. The van der Waals surface area contributed by atoms with Gasteiger partial charge in [-0.2, -0.15) is 0 Å². The lowest BCUT2D eigenvalue weighted by molar-refractivity contribution is 0.0530. The molecule has 1 aliphatic rings. The van der Waals surface area contributed by atoms with Crippen LogP contribution in [0, 0.1) is 0 Å². The number of rotatable bonds is 4. The van der Waals surface area contributed by atoms with Crippen molar-refractivity contribution in [1.29, 1.82) is 0 Å². The third-order valence-electron chi connectivity index (χ3n) is 3.90. The van der Waals surface area contributed by atoms with Gasteiger partial charge in [0.1, 0.15) is 5.60 Å². The molecule has 0 spiro atoms. The van der Waals surface area contributed by atoms with Crippen LogP contribution in [-0.2, 0) is 4.74 Å². The van der Waals surface area contributed by atoms with E-state index in [0.717, 1.165) is 11.1 Å². The third kappa shape index (κ3) is 4.47. The fraction of sp³-hybridized carbons (Fsp3) is 0.421. The number of hydrogen-bond donors (Lipinski definition) is 1. The average Bonchev–Trinajstić information content (AvgIpc) is 2.76. The lowest BCUT2D eigenvalue weighted by Crippen LogP contribution is -2.34. The van der Waals surface area contributed by atoms with E-state index in [4.69, 9.17) is 4.74 Å². The maximum atomic E-state index is 12.4. The number of carbonyl (C=O) groups excluding carboxylic acids is 3. The fourth-order valence-electron chi connectivity index (χ4n) is 2.42. The van der Waals surface area contributed by atoms with Crippen LogP contribution in [0.15, 0.2) is 35.4 Å². The number of amides is 3. The quantitative estimate of drug-likeness (QED) is 0.672. The largest absolute Gasteiger partial charge is 0.444 e. The number of hydrogen-bond acceptors (Lipinski definition) is 4. The summed E-state index contributed by atoms with van der Waals surface area (Å²) in [7, 11) is 0. The van der Waals surface area contributed by atoms with Crippen LogP contribution in [0.4, 0.5) is 4.79 Å². The summed E-state index contributed by atoms with van der Waals surface area (Å²) in [5.41, 5.74) is 2.04. The molecule has 2 rings (SSSR count). The number of ether oxygens (including phenoxy) is 1. The van der Waals surface area contributed by atoms with Gasteiger partial charge in [0.15, 0.2) is 0 Å². The maximum Gasteiger partial charge on any atom is 0.407 e. The first-order chi connectivity index (χ1) is 11.6. The predicted octanol–water partition coefficient (Wildman–Crippen LogP) is 3.14. The molecule has 0 radical (unpaired) electrons. The van der Waals surface area contributed by atoms with Gasteiger partial charge in [0.2, 0.25) is 0 Å². The van der Waals surface area contributed by atoms with Gasteiger partial charge in [-0.15, -0.1) is 0 Å². The Balaban J connectivity index is 2.00. The van der Waals surface area contributed by atoms with Crippen LogP contribution in [0.3, 0.4) is 0 Å². The zero-order valence-electron chi connectivity index (χ0n) is 15.3. The second kappa shape index (κ2) is 7.09. The Hall–Kier alpha value is -2.63. The third-order valence-corrected chi connectivity index (χ3v) is 3.90. The molecule has 0 aromatic heterocycles. The SMILES string of the molecule is C/C(CNC(=O)OC(C)(C)C)=C(/C)CN1C(=O)c2ccccc2C1=O. The Morgan fingerprint density at radius 1 is 1.04 bits per heavy atom. The molecule has 25 heavy (non-hydrogen) atoms. The van der Waals surface area contributed by atoms with Crippen molar-refractivity contribution in [1.82, 2.24) is 10.2 Å². The first-order valence-electron chi connectivity index (χ1n) is 8.17. The molecule has 6 heteroatoms. The summed E-state index contributed by atoms with van der Waals surface area (Å²) in [5, 5.41) is 2.68. The zero-order valence-corrected chi connectivity index (χ0v) is 15.3. The summed E-state index contributed by atoms with van der Waals surface area (Å²) in [6.07, 6.45) is -0.500. The lowest BCUT2D eigenvalue weighted by Gasteiger charge is -2.20. The number of carbonyl (C=O) groups is 3. The molecule has 0 saturated carbocycles. The number of nitrogens with one attached hydrogen (secondary N) is 1. The van der Waals surface area contributed by atoms with E-state index >= 15 is 0 Å². The van der Waals surface area contributed by atoms with Gasteiger partial charge >= 0.3 is 6.09 Å². The van der Waals surface area contributed by atoms with Gasteiger partial charge in [0.05, 0.1) is 17.7 Å².